The molecule has 1 aromatic carbocycles. The third-order valence-corrected chi connectivity index (χ3v) is 7.22. The molecule has 0 bridgehead atoms. The van der Waals surface area contributed by atoms with Crippen LogP contribution in [0.1, 0.15) is 5.56 Å². The van der Waals surface area contributed by atoms with Gasteiger partial charge >= 0.3 is 23.9 Å². The molecule has 0 aromatic heterocycles. The molecule has 0 atom stereocenters. The fourth-order valence-corrected chi connectivity index (χ4v) is 4.85. The summed E-state index contributed by atoms with van der Waals surface area (Å²) >= 11 is 0. The second kappa shape index (κ2) is 18.8. The van der Waals surface area contributed by atoms with Crippen molar-refractivity contribution in [1.29, 1.82) is 0 Å². The average Bonchev–Trinajstić information content (AvgIpc) is 3.00. The highest BCUT2D eigenvalue weighted by Crippen LogP contribution is 2.18. The number of non-ortho nitro benzene ring substituents is 1. The molecule has 240 valence electrons. The smallest absolute Gasteiger partial charge is 0.319 e. The molecule has 1 fully saturated rings. The minimum atomic E-state index is -0.459. The first-order chi connectivity index (χ1) is 20.6. The lowest BCUT2D eigenvalue weighted by Gasteiger charge is -2.32. The Labute approximate surface area is 251 Å². The number of carbonyl (C=O) groups excluding carboxylic acids is 4. The highest BCUT2D eigenvalue weighted by Gasteiger charge is 2.25. The summed E-state index contributed by atoms with van der Waals surface area (Å²) in [7, 11) is 5.26. The number of ether oxygens (including phenoxy) is 4. The Bertz CT molecular complexity index is 1020. The first-order valence-corrected chi connectivity index (χ1v) is 14.0. The molecule has 0 saturated carbocycles. The number of hydrogen-bond acceptors (Lipinski definition) is 14. The molecule has 15 heteroatoms. The topological polar surface area (TPSA) is 161 Å². The highest BCUT2D eigenvalue weighted by molar-refractivity contribution is 5.72. The Kier molecular flexibility index (Phi) is 15.5. The lowest BCUT2D eigenvalue weighted by molar-refractivity contribution is -0.384. The first kappa shape index (κ1) is 35.5. The number of hydrogen-bond donors (Lipinski definition) is 0. The van der Waals surface area contributed by atoms with Gasteiger partial charge in [0, 0.05) is 64.5 Å². The van der Waals surface area contributed by atoms with E-state index in [1.54, 1.807) is 12.1 Å². The van der Waals surface area contributed by atoms with Crippen molar-refractivity contribution in [1.82, 2.24) is 19.6 Å². The monoisotopic (exact) mass is 609 g/mol. The van der Waals surface area contributed by atoms with Gasteiger partial charge < -0.3 is 18.9 Å². The van der Waals surface area contributed by atoms with Crippen molar-refractivity contribution in [3.63, 3.8) is 0 Å². The number of nitrogens with zero attached hydrogens (tertiary/aromatic N) is 5. The number of esters is 4. The zero-order chi connectivity index (χ0) is 31.8. The molecule has 43 heavy (non-hydrogen) atoms. The Morgan fingerprint density at radius 2 is 0.977 bits per heavy atom. The molecule has 1 aliphatic heterocycles. The van der Waals surface area contributed by atoms with Crippen LogP contribution in [0.25, 0.3) is 0 Å². The summed E-state index contributed by atoms with van der Waals surface area (Å²) < 4.78 is 19.6. The van der Waals surface area contributed by atoms with Gasteiger partial charge in [0.1, 0.15) is 0 Å². The number of benzene rings is 1. The van der Waals surface area contributed by atoms with E-state index in [1.165, 1.54) is 40.6 Å². The van der Waals surface area contributed by atoms with Gasteiger partial charge in [0.2, 0.25) is 0 Å². The summed E-state index contributed by atoms with van der Waals surface area (Å²) in [5.41, 5.74) is 0.838. The maximum Gasteiger partial charge on any atom is 0.319 e. The Morgan fingerprint density at radius 3 is 1.30 bits per heavy atom. The Morgan fingerprint density at radius 1 is 0.651 bits per heavy atom. The van der Waals surface area contributed by atoms with Crippen molar-refractivity contribution >= 4 is 29.6 Å². The molecule has 0 N–H and O–H groups in total. The molecule has 0 spiro atoms. The molecule has 0 unspecified atom stereocenters. The van der Waals surface area contributed by atoms with Crippen LogP contribution in [0.2, 0.25) is 0 Å². The maximum absolute atomic E-state index is 12.4. The predicted molar refractivity (Wildman–Crippen MR) is 154 cm³/mol. The van der Waals surface area contributed by atoms with Gasteiger partial charge in [-0.1, -0.05) is 12.1 Å². The van der Waals surface area contributed by atoms with Crippen LogP contribution in [0.3, 0.4) is 0 Å². The summed E-state index contributed by atoms with van der Waals surface area (Å²) in [6.45, 7) is 3.46. The van der Waals surface area contributed by atoms with Crippen LogP contribution in [0.4, 0.5) is 5.69 Å². The van der Waals surface area contributed by atoms with Crippen molar-refractivity contribution in [2.75, 3.05) is 107 Å². The summed E-state index contributed by atoms with van der Waals surface area (Å²) in [5, 5.41) is 11.2. The number of rotatable bonds is 11. The van der Waals surface area contributed by atoms with E-state index in [0.717, 1.165) is 5.56 Å². The van der Waals surface area contributed by atoms with Crippen molar-refractivity contribution in [2.45, 2.75) is 6.42 Å². The van der Waals surface area contributed by atoms with Crippen LogP contribution in [0.15, 0.2) is 24.3 Å². The number of methoxy groups -OCH3 is 4. The molecule has 15 nitrogen and oxygen atoms in total. The van der Waals surface area contributed by atoms with Crippen LogP contribution < -0.4 is 0 Å². The van der Waals surface area contributed by atoms with Gasteiger partial charge in [0.15, 0.2) is 0 Å². The third kappa shape index (κ3) is 13.5. The number of nitro benzene ring substituents is 1. The molecule has 0 radical (unpaired) electrons. The molecule has 1 heterocycles. The van der Waals surface area contributed by atoms with Gasteiger partial charge in [0.25, 0.3) is 5.69 Å². The number of carbonyl (C=O) groups is 4. The minimum Gasteiger partial charge on any atom is -0.468 e. The number of nitro groups is 1. The lowest BCUT2D eigenvalue weighted by Crippen LogP contribution is -2.45. The second-order valence-electron chi connectivity index (χ2n) is 10.3. The van der Waals surface area contributed by atoms with Crippen molar-refractivity contribution in [3.8, 4) is 0 Å². The first-order valence-electron chi connectivity index (χ1n) is 14.0. The Hall–Kier alpha value is -3.66. The van der Waals surface area contributed by atoms with E-state index in [0.29, 0.717) is 58.8 Å². The second-order valence-corrected chi connectivity index (χ2v) is 10.3. The van der Waals surface area contributed by atoms with Crippen molar-refractivity contribution in [2.24, 2.45) is 5.92 Å². The third-order valence-electron chi connectivity index (χ3n) is 7.22. The van der Waals surface area contributed by atoms with E-state index in [4.69, 9.17) is 18.9 Å². The molecular weight excluding hydrogens is 566 g/mol. The molecule has 1 aliphatic rings. The van der Waals surface area contributed by atoms with E-state index >= 15 is 0 Å². The molecule has 0 aliphatic carbocycles. The van der Waals surface area contributed by atoms with Gasteiger partial charge in [-0.25, -0.2) is 0 Å². The maximum atomic E-state index is 12.4. The van der Waals surface area contributed by atoms with E-state index in [-0.39, 0.29) is 37.8 Å². The quantitative estimate of drug-likeness (QED) is 0.139. The van der Waals surface area contributed by atoms with E-state index < -0.39 is 28.8 Å². The largest absolute Gasteiger partial charge is 0.468 e. The standard InChI is InChI=1S/C28H43N5O10/c1-40-25(34)18-29-9-10-30(19-26(35)41-2)12-14-32(21-28(37)43-4)17-23(16-31(13-11-29)20-27(36)42-3)15-22-5-7-24(8-6-22)33(38)39/h5-8,23H,9-21H2,1-4H3. The van der Waals surface area contributed by atoms with Crippen molar-refractivity contribution < 1.29 is 43.0 Å². The van der Waals surface area contributed by atoms with Gasteiger partial charge in [-0.2, -0.15) is 0 Å². The van der Waals surface area contributed by atoms with Crippen molar-refractivity contribution in [3.05, 3.63) is 39.9 Å². The zero-order valence-electron chi connectivity index (χ0n) is 25.4. The molecule has 1 saturated heterocycles. The summed E-state index contributed by atoms with van der Waals surface area (Å²) in [6.07, 6.45) is 0.505. The summed E-state index contributed by atoms with van der Waals surface area (Å²) in [6, 6.07) is 6.29. The van der Waals surface area contributed by atoms with Crippen LogP contribution in [0, 0.1) is 16.0 Å². The van der Waals surface area contributed by atoms with Crippen LogP contribution >= 0.6 is 0 Å². The fraction of sp³-hybridized carbons (Fsp3) is 0.643. The predicted octanol–water partition coefficient (Wildman–Crippen LogP) is -0.333. The van der Waals surface area contributed by atoms with Crippen LogP contribution in [0.5, 0.6) is 0 Å². The summed E-state index contributed by atoms with van der Waals surface area (Å²) in [4.78, 5) is 67.5. The minimum absolute atomic E-state index is 0.00475. The lowest BCUT2D eigenvalue weighted by atomic mass is 9.97. The van der Waals surface area contributed by atoms with Gasteiger partial charge in [0.05, 0.1) is 59.5 Å². The van der Waals surface area contributed by atoms with Crippen LogP contribution in [-0.2, 0) is 44.5 Å². The van der Waals surface area contributed by atoms with Gasteiger partial charge in [-0.3, -0.25) is 48.9 Å². The van der Waals surface area contributed by atoms with E-state index in [2.05, 4.69) is 0 Å². The summed E-state index contributed by atoms with van der Waals surface area (Å²) in [5.74, 6) is -1.80. The van der Waals surface area contributed by atoms with Gasteiger partial charge in [-0.15, -0.1) is 0 Å². The average molecular weight is 610 g/mol. The zero-order valence-corrected chi connectivity index (χ0v) is 25.4. The highest BCUT2D eigenvalue weighted by atomic mass is 16.6. The Balaban J connectivity index is 2.44. The SMILES string of the molecule is COC(=O)CN1CCN(CC(=O)OC)CCN(CC(=O)OC)CC(Cc2ccc([N+](=O)[O-])cc2)CN(CC(=O)OC)CC1. The molecule has 2 rings (SSSR count). The van der Waals surface area contributed by atoms with Gasteiger partial charge in [-0.05, 0) is 17.9 Å². The fourth-order valence-electron chi connectivity index (χ4n) is 4.85. The molecule has 0 amide bonds. The van der Waals surface area contributed by atoms with E-state index in [1.807, 2.05) is 19.6 Å². The molecular formula is C28H43N5O10. The van der Waals surface area contributed by atoms with Crippen LogP contribution in [-0.4, -0.2) is 155 Å². The molecule has 1 aromatic rings. The van der Waals surface area contributed by atoms with E-state index in [9.17, 15) is 29.3 Å². The normalized spacial score (nSPS) is 17.1.